The molecule has 0 aromatic heterocycles. The maximum Gasteiger partial charge on any atom is 0.409 e. The van der Waals surface area contributed by atoms with E-state index in [2.05, 4.69) is 52.1 Å². The van der Waals surface area contributed by atoms with Gasteiger partial charge in [0.1, 0.15) is 0 Å². The summed E-state index contributed by atoms with van der Waals surface area (Å²) >= 11 is 0. The van der Waals surface area contributed by atoms with Crippen molar-refractivity contribution in [1.29, 1.82) is 0 Å². The Morgan fingerprint density at radius 2 is 1.73 bits per heavy atom. The molecular formula is C34H48N2O4. The number of fused-ring (bicyclic) bond motifs is 7. The number of carbonyl (C=O) groups excluding carboxylic acids is 2. The highest BCUT2D eigenvalue weighted by Gasteiger charge is 2.66. The van der Waals surface area contributed by atoms with E-state index < -0.39 is 0 Å². The molecule has 218 valence electrons. The lowest BCUT2D eigenvalue weighted by Crippen LogP contribution is -2.62. The summed E-state index contributed by atoms with van der Waals surface area (Å²) in [7, 11) is 0. The molecule has 1 aliphatic heterocycles. The predicted octanol–water partition coefficient (Wildman–Crippen LogP) is 6.65. The summed E-state index contributed by atoms with van der Waals surface area (Å²) in [6.45, 7) is 17.7. The summed E-state index contributed by atoms with van der Waals surface area (Å²) in [5.41, 5.74) is 4.43. The van der Waals surface area contributed by atoms with Crippen LogP contribution in [0, 0.1) is 33.0 Å². The van der Waals surface area contributed by atoms with Gasteiger partial charge in [-0.1, -0.05) is 52.3 Å². The van der Waals surface area contributed by atoms with Crippen LogP contribution in [0.1, 0.15) is 86.5 Å². The maximum atomic E-state index is 12.9. The first-order valence-corrected chi connectivity index (χ1v) is 15.5. The minimum atomic E-state index is -0.264. The lowest BCUT2D eigenvalue weighted by molar-refractivity contribution is -0.166. The van der Waals surface area contributed by atoms with Crippen LogP contribution in [-0.2, 0) is 9.53 Å². The van der Waals surface area contributed by atoms with Crippen molar-refractivity contribution in [2.75, 3.05) is 32.8 Å². The highest BCUT2D eigenvalue weighted by molar-refractivity contribution is 6.06. The van der Waals surface area contributed by atoms with Crippen LogP contribution in [0.2, 0.25) is 0 Å². The minimum absolute atomic E-state index is 0.00291. The van der Waals surface area contributed by atoms with E-state index in [0.717, 1.165) is 56.3 Å². The van der Waals surface area contributed by atoms with Crippen LogP contribution in [0.4, 0.5) is 4.79 Å². The van der Waals surface area contributed by atoms with Crippen molar-refractivity contribution in [3.8, 4) is 0 Å². The Bertz CT molecular complexity index is 1270. The molecule has 0 bridgehead atoms. The number of carbonyl (C=O) groups is 2. The molecule has 0 aromatic carbocycles. The normalized spacial score (nSPS) is 43.0. The number of hydrogen-bond donors (Lipinski definition) is 2. The van der Waals surface area contributed by atoms with Crippen molar-refractivity contribution in [2.24, 2.45) is 33.0 Å². The average molecular weight is 549 g/mol. The van der Waals surface area contributed by atoms with Gasteiger partial charge < -0.3 is 20.1 Å². The lowest BCUT2D eigenvalue weighted by atomic mass is 9.34. The van der Waals surface area contributed by atoms with Crippen LogP contribution in [0.5, 0.6) is 0 Å². The van der Waals surface area contributed by atoms with Crippen molar-refractivity contribution in [2.45, 2.75) is 86.5 Å². The van der Waals surface area contributed by atoms with Crippen molar-refractivity contribution in [3.63, 3.8) is 0 Å². The molecular weight excluding hydrogens is 500 g/mol. The number of allylic oxidation sites excluding steroid dienone is 7. The molecule has 0 spiro atoms. The molecule has 6 atom stereocenters. The Morgan fingerprint density at radius 3 is 2.45 bits per heavy atom. The summed E-state index contributed by atoms with van der Waals surface area (Å²) in [6.07, 6.45) is 13.8. The highest BCUT2D eigenvalue weighted by atomic mass is 16.6. The Morgan fingerprint density at radius 1 is 1.02 bits per heavy atom. The number of nitrogens with one attached hydrogen (secondary N) is 1. The van der Waals surface area contributed by atoms with Gasteiger partial charge in [-0.15, -0.1) is 0 Å². The van der Waals surface area contributed by atoms with Gasteiger partial charge in [0.05, 0.1) is 6.61 Å². The SMILES string of the molecule is CC1=C(O)C(=O)C=C2C1=CC=C1[C@@]2(C)CC[C@@]2(C)[C@@H]3C[C@](C)(COC(=O)N4CCNCC4)CC[C@@]3(C)CC[C@]12C. The van der Waals surface area contributed by atoms with Crippen molar-refractivity contribution in [3.05, 3.63) is 46.3 Å². The third kappa shape index (κ3) is 3.84. The summed E-state index contributed by atoms with van der Waals surface area (Å²) in [5, 5.41) is 13.7. The fourth-order valence-corrected chi connectivity index (χ4v) is 9.83. The standard InChI is InChI=1S/C34H48N2O4/c1-22-23-7-8-26-32(4,24(23)19-25(37)28(22)38)12-14-34(6)27-20-30(2,9-10-31(27,3)11-13-33(26,34)5)21-40-29(39)36-17-15-35-16-18-36/h7-8,19,27,35,38H,9-18,20-21H2,1-6H3/t27-,30-,31+,32+,33-,34+/m1/s1. The molecule has 5 aliphatic carbocycles. The number of nitrogens with zero attached hydrogens (tertiary/aromatic N) is 1. The lowest BCUT2D eigenvalue weighted by Gasteiger charge is -2.70. The number of ether oxygens (including phenoxy) is 1. The van der Waals surface area contributed by atoms with Gasteiger partial charge in [0.25, 0.3) is 0 Å². The monoisotopic (exact) mass is 548 g/mol. The van der Waals surface area contributed by atoms with Gasteiger partial charge >= 0.3 is 6.09 Å². The molecule has 6 aliphatic rings. The molecule has 4 fully saturated rings. The van der Waals surface area contributed by atoms with E-state index in [1.54, 1.807) is 6.08 Å². The Hall–Kier alpha value is -2.34. The van der Waals surface area contributed by atoms with Crippen LogP contribution >= 0.6 is 0 Å². The van der Waals surface area contributed by atoms with Gasteiger partial charge in [-0.2, -0.15) is 0 Å². The second-order valence-corrected chi connectivity index (χ2v) is 15.2. The molecule has 1 heterocycles. The number of amides is 1. The molecule has 6 nitrogen and oxygen atoms in total. The van der Waals surface area contributed by atoms with Crippen LogP contribution in [0.15, 0.2) is 46.3 Å². The number of piperazine rings is 1. The van der Waals surface area contributed by atoms with E-state index in [9.17, 15) is 14.7 Å². The molecule has 0 aromatic rings. The zero-order chi connectivity index (χ0) is 28.7. The van der Waals surface area contributed by atoms with Crippen molar-refractivity contribution in [1.82, 2.24) is 10.2 Å². The number of rotatable bonds is 2. The number of hydrogen-bond acceptors (Lipinski definition) is 5. The molecule has 6 rings (SSSR count). The fraction of sp³-hybridized carbons (Fsp3) is 0.706. The topological polar surface area (TPSA) is 78.9 Å². The Balaban J connectivity index is 1.30. The second kappa shape index (κ2) is 9.08. The van der Waals surface area contributed by atoms with Crippen LogP contribution in [-0.4, -0.2) is 54.7 Å². The largest absolute Gasteiger partial charge is 0.504 e. The van der Waals surface area contributed by atoms with Gasteiger partial charge in [-0.05, 0) is 91.3 Å². The van der Waals surface area contributed by atoms with E-state index in [1.807, 2.05) is 11.8 Å². The molecule has 2 N–H and O–H groups in total. The fourth-order valence-electron chi connectivity index (χ4n) is 9.83. The average Bonchev–Trinajstić information content (AvgIpc) is 2.94. The van der Waals surface area contributed by atoms with Gasteiger partial charge in [-0.25, -0.2) is 4.79 Å². The zero-order valence-electron chi connectivity index (χ0n) is 25.4. The summed E-state index contributed by atoms with van der Waals surface area (Å²) in [5.74, 6) is 0.147. The van der Waals surface area contributed by atoms with E-state index >= 15 is 0 Å². The molecule has 1 amide bonds. The van der Waals surface area contributed by atoms with Crippen molar-refractivity contribution < 1.29 is 19.4 Å². The van der Waals surface area contributed by atoms with E-state index in [-0.39, 0.29) is 44.7 Å². The summed E-state index contributed by atoms with van der Waals surface area (Å²) in [6, 6.07) is 0. The smallest absolute Gasteiger partial charge is 0.409 e. The molecule has 0 radical (unpaired) electrons. The maximum absolute atomic E-state index is 12.9. The quantitative estimate of drug-likeness (QED) is 0.404. The van der Waals surface area contributed by atoms with Gasteiger partial charge in [0.15, 0.2) is 5.76 Å². The Labute approximate surface area is 240 Å². The third-order valence-corrected chi connectivity index (χ3v) is 12.9. The molecule has 1 saturated heterocycles. The Kier molecular flexibility index (Phi) is 6.31. The van der Waals surface area contributed by atoms with Gasteiger partial charge in [0.2, 0.25) is 5.78 Å². The van der Waals surface area contributed by atoms with Crippen LogP contribution < -0.4 is 5.32 Å². The molecule has 6 heteroatoms. The molecule has 40 heavy (non-hydrogen) atoms. The number of aliphatic hydroxyl groups is 1. The predicted molar refractivity (Wildman–Crippen MR) is 157 cm³/mol. The van der Waals surface area contributed by atoms with Crippen LogP contribution in [0.25, 0.3) is 0 Å². The minimum Gasteiger partial charge on any atom is -0.504 e. The van der Waals surface area contributed by atoms with E-state index in [1.165, 1.54) is 18.4 Å². The first-order valence-electron chi connectivity index (χ1n) is 15.5. The van der Waals surface area contributed by atoms with Crippen LogP contribution in [0.3, 0.4) is 0 Å². The third-order valence-electron chi connectivity index (χ3n) is 12.9. The molecule has 0 unspecified atom stereocenters. The zero-order valence-corrected chi connectivity index (χ0v) is 25.4. The highest BCUT2D eigenvalue weighted by Crippen LogP contribution is 2.75. The first-order chi connectivity index (χ1) is 18.8. The summed E-state index contributed by atoms with van der Waals surface area (Å²) < 4.78 is 6.00. The van der Waals surface area contributed by atoms with E-state index in [4.69, 9.17) is 4.74 Å². The van der Waals surface area contributed by atoms with Gasteiger partial charge in [-0.3, -0.25) is 4.79 Å². The number of aliphatic hydroxyl groups excluding tert-OH is 1. The first kappa shape index (κ1) is 27.8. The van der Waals surface area contributed by atoms with Gasteiger partial charge in [0, 0.05) is 42.6 Å². The second-order valence-electron chi connectivity index (χ2n) is 15.2. The number of ketones is 1. The van der Waals surface area contributed by atoms with Crippen molar-refractivity contribution >= 4 is 11.9 Å². The molecule has 3 saturated carbocycles. The summed E-state index contributed by atoms with van der Waals surface area (Å²) in [4.78, 5) is 27.4. The van der Waals surface area contributed by atoms with E-state index in [0.29, 0.717) is 31.2 Å².